The monoisotopic (exact) mass is 271 g/mol. The van der Waals surface area contributed by atoms with E-state index in [-0.39, 0.29) is 18.4 Å². The van der Waals surface area contributed by atoms with Crippen LogP contribution in [0.2, 0.25) is 0 Å². The van der Waals surface area contributed by atoms with E-state index in [0.717, 1.165) is 5.56 Å². The summed E-state index contributed by atoms with van der Waals surface area (Å²) in [6, 6.07) is 7.35. The molecule has 1 amide bonds. The third-order valence-corrected chi connectivity index (χ3v) is 2.71. The third kappa shape index (κ3) is 5.38. The zero-order valence-electron chi connectivity index (χ0n) is 10.4. The summed E-state index contributed by atoms with van der Waals surface area (Å²) in [5.74, 6) is 0.853. The molecular weight excluding hydrogens is 254 g/mol. The van der Waals surface area contributed by atoms with Gasteiger partial charge in [-0.3, -0.25) is 4.79 Å². The molecule has 1 rings (SSSR count). The molecule has 0 radical (unpaired) electrons. The predicted octanol–water partition coefficient (Wildman–Crippen LogP) is 1.69. The molecule has 0 fully saturated rings. The molecule has 0 spiro atoms. The van der Waals surface area contributed by atoms with Crippen molar-refractivity contribution >= 4 is 17.5 Å². The molecule has 0 aliphatic carbocycles. The minimum Gasteiger partial charge on any atom is -0.491 e. The van der Waals surface area contributed by atoms with Gasteiger partial charge in [0.2, 0.25) is 5.91 Å². The number of hydrogen-bond donors (Lipinski definition) is 2. The minimum absolute atomic E-state index is 0.0283. The second-order valence-corrected chi connectivity index (χ2v) is 4.20. The summed E-state index contributed by atoms with van der Waals surface area (Å²) in [4.78, 5) is 11.1. The molecule has 0 heterocycles. The van der Waals surface area contributed by atoms with Gasteiger partial charge in [0.1, 0.15) is 18.5 Å². The molecule has 0 unspecified atom stereocenters. The second-order valence-electron chi connectivity index (χ2n) is 3.89. The Morgan fingerprint density at radius 2 is 2.11 bits per heavy atom. The highest BCUT2D eigenvalue weighted by atomic mass is 35.5. The quantitative estimate of drug-likeness (QED) is 0.742. The van der Waals surface area contributed by atoms with Gasteiger partial charge in [-0.15, -0.1) is 11.6 Å². The minimum atomic E-state index is -0.657. The standard InChI is InChI=1S/C13H18ClNO3/c1-2-13(17)15-8-10-3-5-12(6-4-10)18-9-11(16)7-14/h3-6,11,16H,2,7-9H2,1H3,(H,15,17)/t11-/m1/s1. The van der Waals surface area contributed by atoms with E-state index in [2.05, 4.69) is 5.32 Å². The number of carbonyl (C=O) groups is 1. The van der Waals surface area contributed by atoms with E-state index in [4.69, 9.17) is 16.3 Å². The lowest BCUT2D eigenvalue weighted by Crippen LogP contribution is -2.21. The van der Waals surface area contributed by atoms with Crippen LogP contribution in [-0.2, 0) is 11.3 Å². The number of halogens is 1. The SMILES string of the molecule is CCC(=O)NCc1ccc(OC[C@H](O)CCl)cc1. The van der Waals surface area contributed by atoms with E-state index >= 15 is 0 Å². The van der Waals surface area contributed by atoms with E-state index in [1.165, 1.54) is 0 Å². The summed E-state index contributed by atoms with van der Waals surface area (Å²) >= 11 is 5.46. The largest absolute Gasteiger partial charge is 0.491 e. The fourth-order valence-electron chi connectivity index (χ4n) is 1.27. The van der Waals surface area contributed by atoms with Crippen molar-refractivity contribution in [3.63, 3.8) is 0 Å². The Morgan fingerprint density at radius 1 is 1.44 bits per heavy atom. The molecule has 4 nitrogen and oxygen atoms in total. The fraction of sp³-hybridized carbons (Fsp3) is 0.462. The Kier molecular flexibility index (Phi) is 6.54. The maximum atomic E-state index is 11.1. The first-order valence-corrected chi connectivity index (χ1v) is 6.41. The van der Waals surface area contributed by atoms with Crippen LogP contribution in [-0.4, -0.2) is 29.6 Å². The number of ether oxygens (including phenoxy) is 1. The smallest absolute Gasteiger partial charge is 0.219 e. The van der Waals surface area contributed by atoms with Crippen molar-refractivity contribution in [3.05, 3.63) is 29.8 Å². The summed E-state index contributed by atoms with van der Waals surface area (Å²) in [5, 5.41) is 12.0. The number of benzene rings is 1. The average Bonchev–Trinajstić information content (AvgIpc) is 2.43. The highest BCUT2D eigenvalue weighted by Crippen LogP contribution is 2.12. The number of aliphatic hydroxyl groups is 1. The number of carbonyl (C=O) groups excluding carboxylic acids is 1. The summed E-state index contributed by atoms with van der Waals surface area (Å²) in [7, 11) is 0. The highest BCUT2D eigenvalue weighted by molar-refractivity contribution is 6.18. The van der Waals surface area contributed by atoms with E-state index in [1.807, 2.05) is 19.1 Å². The number of nitrogens with one attached hydrogen (secondary N) is 1. The van der Waals surface area contributed by atoms with Crippen molar-refractivity contribution in [1.82, 2.24) is 5.32 Å². The number of rotatable bonds is 7. The maximum absolute atomic E-state index is 11.1. The number of amides is 1. The van der Waals surface area contributed by atoms with Gasteiger partial charge in [-0.05, 0) is 17.7 Å². The second kappa shape index (κ2) is 7.95. The Balaban J connectivity index is 2.40. The lowest BCUT2D eigenvalue weighted by atomic mass is 10.2. The van der Waals surface area contributed by atoms with Gasteiger partial charge < -0.3 is 15.2 Å². The van der Waals surface area contributed by atoms with Crippen LogP contribution in [0.1, 0.15) is 18.9 Å². The van der Waals surface area contributed by atoms with Gasteiger partial charge >= 0.3 is 0 Å². The molecule has 0 aromatic heterocycles. The first-order chi connectivity index (χ1) is 8.65. The topological polar surface area (TPSA) is 58.6 Å². The summed E-state index contributed by atoms with van der Waals surface area (Å²) in [5.41, 5.74) is 1.00. The van der Waals surface area contributed by atoms with Crippen LogP contribution in [0, 0.1) is 0 Å². The highest BCUT2D eigenvalue weighted by Gasteiger charge is 2.03. The van der Waals surface area contributed by atoms with Crippen LogP contribution in [0.15, 0.2) is 24.3 Å². The van der Waals surface area contributed by atoms with Crippen LogP contribution in [0.4, 0.5) is 0 Å². The molecule has 2 N–H and O–H groups in total. The average molecular weight is 272 g/mol. The van der Waals surface area contributed by atoms with Crippen LogP contribution >= 0.6 is 11.6 Å². The van der Waals surface area contributed by atoms with E-state index in [1.54, 1.807) is 12.1 Å². The zero-order valence-corrected chi connectivity index (χ0v) is 11.1. The third-order valence-electron chi connectivity index (χ3n) is 2.35. The summed E-state index contributed by atoms with van der Waals surface area (Å²) in [6.07, 6.45) is -0.174. The molecule has 100 valence electrons. The molecule has 0 aliphatic rings. The van der Waals surface area contributed by atoms with Crippen molar-refractivity contribution < 1.29 is 14.6 Å². The molecule has 18 heavy (non-hydrogen) atoms. The van der Waals surface area contributed by atoms with Gasteiger partial charge in [-0.1, -0.05) is 19.1 Å². The Bertz CT molecular complexity index is 367. The van der Waals surface area contributed by atoms with E-state index in [0.29, 0.717) is 18.7 Å². The lowest BCUT2D eigenvalue weighted by Gasteiger charge is -2.10. The van der Waals surface area contributed by atoms with E-state index < -0.39 is 6.10 Å². The van der Waals surface area contributed by atoms with Crippen LogP contribution in [0.3, 0.4) is 0 Å². The molecule has 1 atom stereocenters. The first-order valence-electron chi connectivity index (χ1n) is 5.88. The molecule has 0 saturated carbocycles. The summed E-state index contributed by atoms with van der Waals surface area (Å²) in [6.45, 7) is 2.50. The van der Waals surface area contributed by atoms with Gasteiger partial charge in [-0.25, -0.2) is 0 Å². The molecule has 5 heteroatoms. The van der Waals surface area contributed by atoms with Crippen molar-refractivity contribution in [2.24, 2.45) is 0 Å². The van der Waals surface area contributed by atoms with Crippen LogP contribution in [0.5, 0.6) is 5.75 Å². The van der Waals surface area contributed by atoms with Crippen LogP contribution in [0.25, 0.3) is 0 Å². The van der Waals surface area contributed by atoms with Gasteiger partial charge in [0.15, 0.2) is 0 Å². The van der Waals surface area contributed by atoms with Crippen molar-refractivity contribution in [1.29, 1.82) is 0 Å². The molecule has 1 aromatic rings. The maximum Gasteiger partial charge on any atom is 0.219 e. The normalized spacial score (nSPS) is 11.9. The number of hydrogen-bond acceptors (Lipinski definition) is 3. The Labute approximate surface area is 112 Å². The van der Waals surface area contributed by atoms with Gasteiger partial charge in [0.05, 0.1) is 5.88 Å². The first kappa shape index (κ1) is 14.8. The number of alkyl halides is 1. The van der Waals surface area contributed by atoms with Gasteiger partial charge in [-0.2, -0.15) is 0 Å². The van der Waals surface area contributed by atoms with Crippen molar-refractivity contribution in [2.75, 3.05) is 12.5 Å². The molecule has 0 aliphatic heterocycles. The summed E-state index contributed by atoms with van der Waals surface area (Å²) < 4.78 is 5.34. The fourth-order valence-corrected chi connectivity index (χ4v) is 1.36. The predicted molar refractivity (Wildman–Crippen MR) is 70.8 cm³/mol. The van der Waals surface area contributed by atoms with Crippen molar-refractivity contribution in [3.8, 4) is 5.75 Å². The number of aliphatic hydroxyl groups excluding tert-OH is 1. The van der Waals surface area contributed by atoms with E-state index in [9.17, 15) is 9.90 Å². The molecule has 1 aromatic carbocycles. The molecule has 0 saturated heterocycles. The van der Waals surface area contributed by atoms with Crippen molar-refractivity contribution in [2.45, 2.75) is 26.0 Å². The Hall–Kier alpha value is -1.26. The Morgan fingerprint density at radius 3 is 2.67 bits per heavy atom. The zero-order chi connectivity index (χ0) is 13.4. The molecule has 0 bridgehead atoms. The van der Waals surface area contributed by atoms with Gasteiger partial charge in [0.25, 0.3) is 0 Å². The van der Waals surface area contributed by atoms with Crippen LogP contribution < -0.4 is 10.1 Å². The lowest BCUT2D eigenvalue weighted by molar-refractivity contribution is -0.120. The molecular formula is C13H18ClNO3. The van der Waals surface area contributed by atoms with Gasteiger partial charge in [0, 0.05) is 13.0 Å².